The first-order valence-corrected chi connectivity index (χ1v) is 6.78. The highest BCUT2D eigenvalue weighted by molar-refractivity contribution is 5.79. The maximum absolute atomic E-state index is 12.3. The van der Waals surface area contributed by atoms with Gasteiger partial charge in [0.1, 0.15) is 0 Å². The van der Waals surface area contributed by atoms with Gasteiger partial charge in [-0.2, -0.15) is 0 Å². The molecular formula is C13H22N2O3. The molecule has 2 rings (SSSR count). The van der Waals surface area contributed by atoms with Crippen LogP contribution in [-0.2, 0) is 9.59 Å². The van der Waals surface area contributed by atoms with Gasteiger partial charge in [0.15, 0.2) is 0 Å². The molecule has 0 radical (unpaired) electrons. The lowest BCUT2D eigenvalue weighted by atomic mass is 9.92. The highest BCUT2D eigenvalue weighted by Gasteiger charge is 2.31. The summed E-state index contributed by atoms with van der Waals surface area (Å²) in [5, 5.41) is 8.93. The second-order valence-electron chi connectivity index (χ2n) is 5.52. The molecule has 0 atom stereocenters. The van der Waals surface area contributed by atoms with Crippen LogP contribution in [0.4, 0.5) is 0 Å². The Morgan fingerprint density at radius 2 is 1.44 bits per heavy atom. The van der Waals surface area contributed by atoms with Crippen molar-refractivity contribution >= 4 is 11.9 Å². The Kier molecular flexibility index (Phi) is 4.22. The SMILES string of the molecule is CN1CCC(C(=O)N2CCC(C(=O)O)CC2)CC1. The van der Waals surface area contributed by atoms with Crippen LogP contribution in [0.3, 0.4) is 0 Å². The van der Waals surface area contributed by atoms with Crippen LogP contribution in [0, 0.1) is 11.8 Å². The summed E-state index contributed by atoms with van der Waals surface area (Å²) < 4.78 is 0. The van der Waals surface area contributed by atoms with Crippen molar-refractivity contribution in [3.63, 3.8) is 0 Å². The Morgan fingerprint density at radius 1 is 0.944 bits per heavy atom. The lowest BCUT2D eigenvalue weighted by Crippen LogP contribution is -2.45. The summed E-state index contributed by atoms with van der Waals surface area (Å²) in [6.45, 7) is 3.20. The molecule has 0 bridgehead atoms. The molecule has 0 spiro atoms. The molecule has 1 N–H and O–H groups in total. The van der Waals surface area contributed by atoms with Gasteiger partial charge in [0.05, 0.1) is 5.92 Å². The Hall–Kier alpha value is -1.10. The average Bonchev–Trinajstić information content (AvgIpc) is 2.39. The monoisotopic (exact) mass is 254 g/mol. The van der Waals surface area contributed by atoms with Crippen molar-refractivity contribution in [2.45, 2.75) is 25.7 Å². The van der Waals surface area contributed by atoms with Crippen molar-refractivity contribution in [1.29, 1.82) is 0 Å². The number of carbonyl (C=O) groups excluding carboxylic acids is 1. The second-order valence-corrected chi connectivity index (χ2v) is 5.52. The van der Waals surface area contributed by atoms with Crippen LogP contribution in [-0.4, -0.2) is 60.0 Å². The lowest BCUT2D eigenvalue weighted by Gasteiger charge is -2.35. The van der Waals surface area contributed by atoms with Gasteiger partial charge in [-0.15, -0.1) is 0 Å². The number of aliphatic carboxylic acids is 1. The molecule has 0 aromatic heterocycles. The van der Waals surface area contributed by atoms with E-state index >= 15 is 0 Å². The maximum atomic E-state index is 12.3. The summed E-state index contributed by atoms with van der Waals surface area (Å²) in [6, 6.07) is 0. The van der Waals surface area contributed by atoms with E-state index in [4.69, 9.17) is 5.11 Å². The second kappa shape index (κ2) is 5.69. The lowest BCUT2D eigenvalue weighted by molar-refractivity contribution is -0.147. The van der Waals surface area contributed by atoms with E-state index < -0.39 is 5.97 Å². The molecule has 1 amide bonds. The maximum Gasteiger partial charge on any atom is 0.306 e. The van der Waals surface area contributed by atoms with Crippen molar-refractivity contribution in [2.24, 2.45) is 11.8 Å². The van der Waals surface area contributed by atoms with E-state index in [0.29, 0.717) is 25.9 Å². The zero-order valence-electron chi connectivity index (χ0n) is 11.0. The first kappa shape index (κ1) is 13.3. The molecule has 0 aliphatic carbocycles. The van der Waals surface area contributed by atoms with Crippen LogP contribution >= 0.6 is 0 Å². The third-order valence-corrected chi connectivity index (χ3v) is 4.22. The standard InChI is InChI=1S/C13H22N2O3/c1-14-6-2-10(3-7-14)12(16)15-8-4-11(5-9-15)13(17)18/h10-11H,2-9H2,1H3,(H,17,18). The van der Waals surface area contributed by atoms with Crippen molar-refractivity contribution < 1.29 is 14.7 Å². The number of likely N-dealkylation sites (tertiary alicyclic amines) is 2. The fourth-order valence-electron chi connectivity index (χ4n) is 2.86. The van der Waals surface area contributed by atoms with Gasteiger partial charge in [0, 0.05) is 19.0 Å². The van der Waals surface area contributed by atoms with Crippen molar-refractivity contribution in [1.82, 2.24) is 9.80 Å². The average molecular weight is 254 g/mol. The summed E-state index contributed by atoms with van der Waals surface area (Å²) >= 11 is 0. The zero-order chi connectivity index (χ0) is 13.1. The molecule has 0 aromatic carbocycles. The van der Waals surface area contributed by atoms with Gasteiger partial charge in [-0.3, -0.25) is 9.59 Å². The fraction of sp³-hybridized carbons (Fsp3) is 0.846. The predicted octanol–water partition coefficient (Wildman–Crippen LogP) is 0.651. The Labute approximate surface area is 108 Å². The summed E-state index contributed by atoms with van der Waals surface area (Å²) in [7, 11) is 2.08. The molecule has 2 heterocycles. The number of piperidine rings is 2. The van der Waals surface area contributed by atoms with E-state index in [1.54, 1.807) is 0 Å². The van der Waals surface area contributed by atoms with Crippen LogP contribution in [0.2, 0.25) is 0 Å². The third kappa shape index (κ3) is 3.02. The zero-order valence-corrected chi connectivity index (χ0v) is 11.0. The first-order valence-electron chi connectivity index (χ1n) is 6.78. The van der Waals surface area contributed by atoms with Gasteiger partial charge < -0.3 is 14.9 Å². The number of carbonyl (C=O) groups is 2. The van der Waals surface area contributed by atoms with E-state index in [9.17, 15) is 9.59 Å². The molecule has 0 saturated carbocycles. The van der Waals surface area contributed by atoms with Crippen molar-refractivity contribution in [3.8, 4) is 0 Å². The van der Waals surface area contributed by atoms with Crippen LogP contribution < -0.4 is 0 Å². The predicted molar refractivity (Wildman–Crippen MR) is 67.2 cm³/mol. The van der Waals surface area contributed by atoms with E-state index in [2.05, 4.69) is 11.9 Å². The number of hydrogen-bond acceptors (Lipinski definition) is 3. The quantitative estimate of drug-likeness (QED) is 0.786. The highest BCUT2D eigenvalue weighted by Crippen LogP contribution is 2.23. The molecule has 18 heavy (non-hydrogen) atoms. The molecule has 2 aliphatic heterocycles. The summed E-state index contributed by atoms with van der Waals surface area (Å²) in [6.07, 6.45) is 3.09. The molecule has 0 aromatic rings. The summed E-state index contributed by atoms with van der Waals surface area (Å²) in [5.41, 5.74) is 0. The first-order chi connectivity index (χ1) is 8.58. The molecule has 5 nitrogen and oxygen atoms in total. The minimum atomic E-state index is -0.721. The molecular weight excluding hydrogens is 232 g/mol. The largest absolute Gasteiger partial charge is 0.481 e. The smallest absolute Gasteiger partial charge is 0.306 e. The van der Waals surface area contributed by atoms with Crippen LogP contribution in [0.25, 0.3) is 0 Å². The Balaban J connectivity index is 1.82. The van der Waals surface area contributed by atoms with Gasteiger partial charge in [0.2, 0.25) is 5.91 Å². The molecule has 5 heteroatoms. The molecule has 2 aliphatic rings. The normalized spacial score (nSPS) is 24.2. The van der Waals surface area contributed by atoms with Gasteiger partial charge in [-0.1, -0.05) is 0 Å². The van der Waals surface area contributed by atoms with Crippen molar-refractivity contribution in [2.75, 3.05) is 33.2 Å². The van der Waals surface area contributed by atoms with Gasteiger partial charge in [-0.05, 0) is 45.8 Å². The summed E-state index contributed by atoms with van der Waals surface area (Å²) in [4.78, 5) is 27.3. The molecule has 102 valence electrons. The molecule has 0 unspecified atom stereocenters. The number of carboxylic acid groups (broad SMARTS) is 1. The number of hydrogen-bond donors (Lipinski definition) is 1. The van der Waals surface area contributed by atoms with Gasteiger partial charge in [0.25, 0.3) is 0 Å². The number of amides is 1. The fourth-order valence-corrected chi connectivity index (χ4v) is 2.86. The number of carboxylic acids is 1. The van der Waals surface area contributed by atoms with Gasteiger partial charge in [-0.25, -0.2) is 0 Å². The van der Waals surface area contributed by atoms with Crippen LogP contribution in [0.5, 0.6) is 0 Å². The minimum Gasteiger partial charge on any atom is -0.481 e. The van der Waals surface area contributed by atoms with Gasteiger partial charge >= 0.3 is 5.97 Å². The Morgan fingerprint density at radius 3 is 1.94 bits per heavy atom. The third-order valence-electron chi connectivity index (χ3n) is 4.22. The number of nitrogens with zero attached hydrogens (tertiary/aromatic N) is 2. The summed E-state index contributed by atoms with van der Waals surface area (Å²) in [5.74, 6) is -0.581. The van der Waals surface area contributed by atoms with E-state index in [1.807, 2.05) is 4.90 Å². The topological polar surface area (TPSA) is 60.9 Å². The van der Waals surface area contributed by atoms with E-state index in [0.717, 1.165) is 25.9 Å². The Bertz CT molecular complexity index is 316. The van der Waals surface area contributed by atoms with E-state index in [1.165, 1.54) is 0 Å². The van der Waals surface area contributed by atoms with Crippen molar-refractivity contribution in [3.05, 3.63) is 0 Å². The number of rotatable bonds is 2. The molecule has 2 saturated heterocycles. The van der Waals surface area contributed by atoms with Crippen LogP contribution in [0.1, 0.15) is 25.7 Å². The van der Waals surface area contributed by atoms with Crippen LogP contribution in [0.15, 0.2) is 0 Å². The van der Waals surface area contributed by atoms with E-state index in [-0.39, 0.29) is 17.7 Å². The highest BCUT2D eigenvalue weighted by atomic mass is 16.4. The molecule has 2 fully saturated rings. The minimum absolute atomic E-state index is 0.155.